The summed E-state index contributed by atoms with van der Waals surface area (Å²) in [6.07, 6.45) is 9.04. The van der Waals surface area contributed by atoms with Gasteiger partial charge in [-0.2, -0.15) is 0 Å². The van der Waals surface area contributed by atoms with Crippen molar-refractivity contribution in [3.05, 3.63) is 35.4 Å². The minimum absolute atomic E-state index is 0.0971. The number of likely N-dealkylation sites (tertiary alicyclic amines) is 1. The van der Waals surface area contributed by atoms with Crippen LogP contribution in [0.3, 0.4) is 0 Å². The van der Waals surface area contributed by atoms with Crippen LogP contribution < -0.4 is 4.74 Å². The van der Waals surface area contributed by atoms with Crippen molar-refractivity contribution in [2.75, 3.05) is 20.7 Å². The molecule has 2 N–H and O–H groups in total. The Bertz CT molecular complexity index is 1000. The number of hydrogen-bond acceptors (Lipinski definition) is 5. The second kappa shape index (κ2) is 5.67. The Labute approximate surface area is 185 Å². The van der Waals surface area contributed by atoms with Crippen LogP contribution >= 0.6 is 0 Å². The van der Waals surface area contributed by atoms with Gasteiger partial charge in [-0.3, -0.25) is 0 Å². The average molecular weight is 426 g/mol. The lowest BCUT2D eigenvalue weighted by Crippen LogP contribution is -2.85. The fraction of sp³-hybridized carbons (Fsp3) is 0.692. The van der Waals surface area contributed by atoms with E-state index < -0.39 is 16.8 Å². The van der Waals surface area contributed by atoms with Crippen molar-refractivity contribution in [1.29, 1.82) is 0 Å². The van der Waals surface area contributed by atoms with Crippen LogP contribution in [0.4, 0.5) is 0 Å². The number of likely N-dealkylation sites (N-methyl/N-ethyl adjacent to an activating group) is 1. The summed E-state index contributed by atoms with van der Waals surface area (Å²) in [4.78, 5) is 2.51. The molecule has 4 aliphatic carbocycles. The van der Waals surface area contributed by atoms with Crippen molar-refractivity contribution < 1.29 is 19.7 Å². The van der Waals surface area contributed by atoms with E-state index in [0.717, 1.165) is 38.6 Å². The largest absolute Gasteiger partial charge is 0.504 e. The highest BCUT2D eigenvalue weighted by Crippen LogP contribution is 2.79. The van der Waals surface area contributed by atoms with E-state index in [1.54, 1.807) is 13.2 Å². The summed E-state index contributed by atoms with van der Waals surface area (Å²) in [5.41, 5.74) is -0.290. The van der Waals surface area contributed by atoms with Crippen molar-refractivity contribution in [1.82, 2.24) is 4.90 Å². The SMILES string of the molecule is CCC[C@](C)(O)[C@@H]1C[C@@]23C=C[C@]1(OC)[C@@]1(C)Oc4c(O)ccc5c4[C@@]12CCN(C)[C@@H]3C5. The van der Waals surface area contributed by atoms with Crippen LogP contribution in [0.5, 0.6) is 11.5 Å². The third-order valence-electron chi connectivity index (χ3n) is 10.2. The van der Waals surface area contributed by atoms with Crippen LogP contribution in [0.2, 0.25) is 0 Å². The van der Waals surface area contributed by atoms with Gasteiger partial charge in [-0.25, -0.2) is 0 Å². The molecule has 1 saturated heterocycles. The molecule has 2 heterocycles. The fourth-order valence-corrected chi connectivity index (χ4v) is 9.06. The predicted molar refractivity (Wildman–Crippen MR) is 119 cm³/mol. The third-order valence-corrected chi connectivity index (χ3v) is 10.2. The van der Waals surface area contributed by atoms with Gasteiger partial charge >= 0.3 is 0 Å². The summed E-state index contributed by atoms with van der Waals surface area (Å²) in [7, 11) is 4.01. The van der Waals surface area contributed by atoms with Crippen LogP contribution in [0.15, 0.2) is 24.3 Å². The molecule has 5 heteroatoms. The van der Waals surface area contributed by atoms with E-state index in [1.165, 1.54) is 11.1 Å². The molecule has 2 aliphatic heterocycles. The van der Waals surface area contributed by atoms with Gasteiger partial charge in [0, 0.05) is 30.0 Å². The molecule has 6 aliphatic rings. The number of aromatic hydroxyl groups is 1. The lowest BCUT2D eigenvalue weighted by atomic mass is 9.32. The summed E-state index contributed by atoms with van der Waals surface area (Å²) in [5, 5.41) is 22.7. The van der Waals surface area contributed by atoms with E-state index in [-0.39, 0.29) is 22.5 Å². The first kappa shape index (κ1) is 20.1. The second-order valence-corrected chi connectivity index (χ2v) is 11.2. The van der Waals surface area contributed by atoms with Crippen molar-refractivity contribution in [2.45, 2.75) is 81.1 Å². The highest BCUT2D eigenvalue weighted by Gasteiger charge is 2.85. The van der Waals surface area contributed by atoms with E-state index in [9.17, 15) is 10.2 Å². The Morgan fingerprint density at radius 3 is 2.81 bits per heavy atom. The van der Waals surface area contributed by atoms with E-state index in [2.05, 4.69) is 44.0 Å². The van der Waals surface area contributed by atoms with Crippen LogP contribution in [0, 0.1) is 11.3 Å². The Morgan fingerprint density at radius 2 is 2.10 bits per heavy atom. The average Bonchev–Trinajstić information content (AvgIpc) is 3.03. The highest BCUT2D eigenvalue weighted by atomic mass is 16.6. The number of aliphatic hydroxyl groups is 1. The smallest absolute Gasteiger partial charge is 0.166 e. The Morgan fingerprint density at radius 1 is 1.32 bits per heavy atom. The van der Waals surface area contributed by atoms with Gasteiger partial charge in [0.2, 0.25) is 0 Å². The summed E-state index contributed by atoms with van der Waals surface area (Å²) >= 11 is 0. The minimum atomic E-state index is -0.875. The number of phenols is 1. The molecule has 7 atom stereocenters. The molecule has 4 bridgehead atoms. The zero-order valence-corrected chi connectivity index (χ0v) is 19.4. The van der Waals surface area contributed by atoms with Crippen molar-refractivity contribution in [3.8, 4) is 11.5 Å². The second-order valence-electron chi connectivity index (χ2n) is 11.2. The first-order valence-corrected chi connectivity index (χ1v) is 11.9. The quantitative estimate of drug-likeness (QED) is 0.723. The monoisotopic (exact) mass is 425 g/mol. The zero-order valence-electron chi connectivity index (χ0n) is 19.4. The standard InChI is InChI=1S/C26H35NO4/c1-6-9-22(2,29)18-15-24-10-11-26(18,30-5)23(3)25(24)12-13-27(4)19(24)14-16-7-8-17(28)21(31-23)20(16)25/h7-8,10-11,18-19,28-29H,6,9,12-15H2,1-5H3/t18-,19+,22-,23-,24+,25-,26+/m0/s1. The number of methoxy groups -OCH3 is 1. The molecule has 0 unspecified atom stereocenters. The molecule has 1 saturated carbocycles. The van der Waals surface area contributed by atoms with E-state index in [4.69, 9.17) is 9.47 Å². The highest BCUT2D eigenvalue weighted by molar-refractivity contribution is 5.67. The van der Waals surface area contributed by atoms with E-state index in [1.807, 2.05) is 6.92 Å². The number of phenolic OH excluding ortho intramolecular Hbond substituents is 1. The van der Waals surface area contributed by atoms with Gasteiger partial charge in [-0.1, -0.05) is 31.6 Å². The molecule has 0 aromatic heterocycles. The van der Waals surface area contributed by atoms with Crippen LogP contribution in [-0.4, -0.2) is 58.7 Å². The maximum atomic E-state index is 11.8. The summed E-state index contributed by atoms with van der Waals surface area (Å²) in [5.74, 6) is 0.771. The van der Waals surface area contributed by atoms with Gasteiger partial charge in [0.25, 0.3) is 0 Å². The maximum absolute atomic E-state index is 11.8. The number of fused-ring (bicyclic) bond motifs is 1. The molecular weight excluding hydrogens is 390 g/mol. The molecule has 0 amide bonds. The van der Waals surface area contributed by atoms with E-state index >= 15 is 0 Å². The first-order chi connectivity index (χ1) is 14.6. The van der Waals surface area contributed by atoms with Crippen LogP contribution in [-0.2, 0) is 16.6 Å². The Kier molecular flexibility index (Phi) is 3.67. The molecule has 2 spiro atoms. The van der Waals surface area contributed by atoms with Gasteiger partial charge in [-0.15, -0.1) is 0 Å². The molecule has 7 rings (SSSR count). The third kappa shape index (κ3) is 1.82. The van der Waals surface area contributed by atoms with Gasteiger partial charge in [0.1, 0.15) is 11.2 Å². The molecule has 2 fully saturated rings. The molecule has 31 heavy (non-hydrogen) atoms. The molecule has 0 radical (unpaired) electrons. The number of hydrogen-bond donors (Lipinski definition) is 2. The Balaban J connectivity index is 1.71. The molecular formula is C26H35NO4. The maximum Gasteiger partial charge on any atom is 0.166 e. The fourth-order valence-electron chi connectivity index (χ4n) is 9.06. The van der Waals surface area contributed by atoms with Gasteiger partial charge in [0.05, 0.1) is 11.0 Å². The predicted octanol–water partition coefficient (Wildman–Crippen LogP) is 3.55. The summed E-state index contributed by atoms with van der Waals surface area (Å²) in [6.45, 7) is 7.29. The summed E-state index contributed by atoms with van der Waals surface area (Å²) < 4.78 is 13.4. The van der Waals surface area contributed by atoms with Gasteiger partial charge in [0.15, 0.2) is 11.5 Å². The Hall–Kier alpha value is -1.56. The van der Waals surface area contributed by atoms with Crippen molar-refractivity contribution in [2.24, 2.45) is 11.3 Å². The minimum Gasteiger partial charge on any atom is -0.504 e. The van der Waals surface area contributed by atoms with Crippen molar-refractivity contribution >= 4 is 0 Å². The van der Waals surface area contributed by atoms with Gasteiger partial charge in [-0.05, 0) is 64.8 Å². The van der Waals surface area contributed by atoms with Crippen LogP contribution in [0.25, 0.3) is 0 Å². The van der Waals surface area contributed by atoms with Crippen LogP contribution in [0.1, 0.15) is 57.6 Å². The number of rotatable bonds is 4. The number of benzene rings is 1. The molecule has 1 aromatic carbocycles. The summed E-state index contributed by atoms with van der Waals surface area (Å²) in [6, 6.07) is 4.22. The molecule has 1 aromatic rings. The molecule has 168 valence electrons. The topological polar surface area (TPSA) is 62.2 Å². The number of piperidine rings is 1. The normalized spacial score (nSPS) is 45.9. The lowest BCUT2D eigenvalue weighted by molar-refractivity contribution is -0.286. The van der Waals surface area contributed by atoms with Crippen molar-refractivity contribution in [3.63, 3.8) is 0 Å². The molecule has 5 nitrogen and oxygen atoms in total. The van der Waals surface area contributed by atoms with Gasteiger partial charge < -0.3 is 24.6 Å². The zero-order chi connectivity index (χ0) is 22.0. The first-order valence-electron chi connectivity index (χ1n) is 11.9. The number of ether oxygens (including phenoxy) is 2. The lowest BCUT2D eigenvalue weighted by Gasteiger charge is -2.75. The van der Waals surface area contributed by atoms with E-state index in [0.29, 0.717) is 11.8 Å². The number of nitrogens with zero attached hydrogens (tertiary/aromatic N) is 1.